The summed E-state index contributed by atoms with van der Waals surface area (Å²) in [4.78, 5) is 16.7. The highest BCUT2D eigenvalue weighted by atomic mass is 16.6. The lowest BCUT2D eigenvalue weighted by Gasteiger charge is -2.19. The second-order valence-corrected chi connectivity index (χ2v) is 7.77. The second kappa shape index (κ2) is 8.75. The van der Waals surface area contributed by atoms with Crippen LogP contribution in [0.15, 0.2) is 79.1 Å². The first-order chi connectivity index (χ1) is 17.2. The summed E-state index contributed by atoms with van der Waals surface area (Å²) < 4.78 is 12.8. The van der Waals surface area contributed by atoms with E-state index in [1.807, 2.05) is 48.5 Å². The van der Waals surface area contributed by atoms with Crippen molar-refractivity contribution in [1.29, 1.82) is 0 Å². The molecule has 1 aliphatic heterocycles. The van der Waals surface area contributed by atoms with Gasteiger partial charge in [0.1, 0.15) is 13.2 Å². The zero-order chi connectivity index (χ0) is 23.6. The molecule has 0 saturated carbocycles. The number of benzene rings is 2. The second-order valence-electron chi connectivity index (χ2n) is 7.77. The van der Waals surface area contributed by atoms with Crippen LogP contribution in [0.5, 0.6) is 11.5 Å². The lowest BCUT2D eigenvalue weighted by Crippen LogP contribution is -2.20. The van der Waals surface area contributed by atoms with Gasteiger partial charge in [0, 0.05) is 41.0 Å². The van der Waals surface area contributed by atoms with Crippen LogP contribution in [0.2, 0.25) is 0 Å². The SMILES string of the molecule is O=C(Nc1cccc(-c2ccc3nnc(-c4ccncc4)n3n2)c1)Nc1ccc2c(c1)OCCO2. The zero-order valence-electron chi connectivity index (χ0n) is 18.4. The molecule has 0 aliphatic carbocycles. The van der Waals surface area contributed by atoms with Gasteiger partial charge in [-0.15, -0.1) is 10.2 Å². The minimum atomic E-state index is -0.374. The Hall–Kier alpha value is -4.99. The van der Waals surface area contributed by atoms with Crippen molar-refractivity contribution in [3.05, 3.63) is 79.1 Å². The number of ether oxygens (including phenoxy) is 2. The molecule has 2 aromatic carbocycles. The lowest BCUT2D eigenvalue weighted by atomic mass is 10.1. The third-order valence-corrected chi connectivity index (χ3v) is 5.42. The first-order valence-electron chi connectivity index (χ1n) is 10.9. The third-order valence-electron chi connectivity index (χ3n) is 5.42. The Balaban J connectivity index is 1.22. The van der Waals surface area contributed by atoms with E-state index in [2.05, 4.69) is 25.8 Å². The summed E-state index contributed by atoms with van der Waals surface area (Å²) in [6.45, 7) is 0.995. The number of amides is 2. The van der Waals surface area contributed by atoms with Crippen molar-refractivity contribution in [2.45, 2.75) is 0 Å². The van der Waals surface area contributed by atoms with Crippen molar-refractivity contribution < 1.29 is 14.3 Å². The van der Waals surface area contributed by atoms with Gasteiger partial charge in [0.15, 0.2) is 23.0 Å². The fraction of sp³-hybridized carbons (Fsp3) is 0.0800. The first-order valence-corrected chi connectivity index (χ1v) is 10.9. The number of pyridine rings is 1. The smallest absolute Gasteiger partial charge is 0.323 e. The maximum atomic E-state index is 12.6. The molecule has 0 unspecified atom stereocenters. The Morgan fingerprint density at radius 2 is 1.60 bits per heavy atom. The standard InChI is InChI=1S/C25H19N7O3/c33-25(28-19-4-6-21-22(15-19)35-13-12-34-21)27-18-3-1-2-17(14-18)20-5-7-23-29-30-24(32(23)31-20)16-8-10-26-11-9-16/h1-11,14-15H,12-13H2,(H2,27,28,33). The molecule has 0 spiro atoms. The summed E-state index contributed by atoms with van der Waals surface area (Å²) in [7, 11) is 0. The molecular weight excluding hydrogens is 446 g/mol. The maximum absolute atomic E-state index is 12.6. The molecule has 0 bridgehead atoms. The van der Waals surface area contributed by atoms with Crippen LogP contribution in [0.1, 0.15) is 0 Å². The lowest BCUT2D eigenvalue weighted by molar-refractivity contribution is 0.171. The van der Waals surface area contributed by atoms with E-state index in [-0.39, 0.29) is 6.03 Å². The van der Waals surface area contributed by atoms with E-state index in [1.165, 1.54) is 0 Å². The van der Waals surface area contributed by atoms with Crippen LogP contribution in [-0.2, 0) is 0 Å². The molecule has 0 fully saturated rings. The summed E-state index contributed by atoms with van der Waals surface area (Å²) in [5.74, 6) is 1.90. The summed E-state index contributed by atoms with van der Waals surface area (Å²) in [5, 5.41) is 18.9. The molecule has 10 nitrogen and oxygen atoms in total. The van der Waals surface area contributed by atoms with Gasteiger partial charge in [-0.05, 0) is 48.5 Å². The molecule has 6 rings (SSSR count). The molecule has 0 radical (unpaired) electrons. The molecule has 172 valence electrons. The molecule has 0 atom stereocenters. The van der Waals surface area contributed by atoms with Crippen LogP contribution in [0.3, 0.4) is 0 Å². The van der Waals surface area contributed by atoms with Gasteiger partial charge in [-0.25, -0.2) is 4.79 Å². The summed E-state index contributed by atoms with van der Waals surface area (Å²) in [6.07, 6.45) is 3.40. The van der Waals surface area contributed by atoms with Crippen molar-refractivity contribution >= 4 is 23.1 Å². The van der Waals surface area contributed by atoms with E-state index in [9.17, 15) is 4.79 Å². The average molecular weight is 465 g/mol. The van der Waals surface area contributed by atoms with Gasteiger partial charge in [-0.3, -0.25) is 4.98 Å². The quantitative estimate of drug-likeness (QED) is 0.407. The van der Waals surface area contributed by atoms with Gasteiger partial charge in [0.2, 0.25) is 0 Å². The number of hydrogen-bond donors (Lipinski definition) is 2. The van der Waals surface area contributed by atoms with Crippen LogP contribution in [0.4, 0.5) is 16.2 Å². The minimum Gasteiger partial charge on any atom is -0.486 e. The van der Waals surface area contributed by atoms with Crippen molar-refractivity contribution in [2.75, 3.05) is 23.8 Å². The van der Waals surface area contributed by atoms with Gasteiger partial charge >= 0.3 is 6.03 Å². The first kappa shape index (κ1) is 20.6. The third kappa shape index (κ3) is 4.20. The zero-order valence-corrected chi connectivity index (χ0v) is 18.4. The van der Waals surface area contributed by atoms with Crippen LogP contribution in [-0.4, -0.2) is 44.0 Å². The Morgan fingerprint density at radius 3 is 2.46 bits per heavy atom. The van der Waals surface area contributed by atoms with E-state index < -0.39 is 0 Å². The monoisotopic (exact) mass is 465 g/mol. The van der Waals surface area contributed by atoms with E-state index in [0.29, 0.717) is 53.3 Å². The van der Waals surface area contributed by atoms with Gasteiger partial charge in [0.25, 0.3) is 0 Å². The van der Waals surface area contributed by atoms with Crippen molar-refractivity contribution in [2.24, 2.45) is 0 Å². The van der Waals surface area contributed by atoms with E-state index in [4.69, 9.17) is 14.6 Å². The highest BCUT2D eigenvalue weighted by Gasteiger charge is 2.14. The van der Waals surface area contributed by atoms with Gasteiger partial charge in [-0.1, -0.05) is 12.1 Å². The molecule has 35 heavy (non-hydrogen) atoms. The highest BCUT2D eigenvalue weighted by molar-refractivity contribution is 6.00. The predicted molar refractivity (Wildman–Crippen MR) is 130 cm³/mol. The summed E-state index contributed by atoms with van der Waals surface area (Å²) in [5.41, 5.74) is 4.27. The number of carbonyl (C=O) groups is 1. The fourth-order valence-corrected chi connectivity index (χ4v) is 3.79. The van der Waals surface area contributed by atoms with E-state index in [0.717, 1.165) is 11.1 Å². The topological polar surface area (TPSA) is 116 Å². The molecule has 5 aromatic rings. The number of hydrogen-bond acceptors (Lipinski definition) is 7. The van der Waals surface area contributed by atoms with E-state index in [1.54, 1.807) is 35.1 Å². The van der Waals surface area contributed by atoms with Crippen LogP contribution in [0.25, 0.3) is 28.3 Å². The van der Waals surface area contributed by atoms with Crippen LogP contribution >= 0.6 is 0 Å². The highest BCUT2D eigenvalue weighted by Crippen LogP contribution is 2.32. The molecular formula is C25H19N7O3. The normalized spacial score (nSPS) is 12.3. The van der Waals surface area contributed by atoms with Crippen molar-refractivity contribution in [3.63, 3.8) is 0 Å². The van der Waals surface area contributed by atoms with Crippen LogP contribution < -0.4 is 20.1 Å². The average Bonchev–Trinajstić information content (AvgIpc) is 3.32. The largest absolute Gasteiger partial charge is 0.486 e. The summed E-state index contributed by atoms with van der Waals surface area (Å²) >= 11 is 0. The predicted octanol–water partition coefficient (Wildman–Crippen LogP) is 4.27. The van der Waals surface area contributed by atoms with Gasteiger partial charge in [-0.2, -0.15) is 9.61 Å². The molecule has 10 heteroatoms. The minimum absolute atomic E-state index is 0.374. The Labute approximate surface area is 199 Å². The molecule has 3 aromatic heterocycles. The molecule has 0 saturated heterocycles. The molecule has 2 amide bonds. The number of carbonyl (C=O) groups excluding carboxylic acids is 1. The number of nitrogens with zero attached hydrogens (tertiary/aromatic N) is 5. The number of aromatic nitrogens is 5. The van der Waals surface area contributed by atoms with Gasteiger partial charge < -0.3 is 20.1 Å². The number of fused-ring (bicyclic) bond motifs is 2. The number of nitrogens with one attached hydrogen (secondary N) is 2. The number of anilines is 2. The molecule has 2 N–H and O–H groups in total. The fourth-order valence-electron chi connectivity index (χ4n) is 3.79. The van der Waals surface area contributed by atoms with Gasteiger partial charge in [0.05, 0.1) is 5.69 Å². The molecule has 4 heterocycles. The van der Waals surface area contributed by atoms with Crippen molar-refractivity contribution in [3.8, 4) is 34.1 Å². The number of rotatable bonds is 4. The Morgan fingerprint density at radius 1 is 0.800 bits per heavy atom. The Kier molecular flexibility index (Phi) is 5.15. The number of urea groups is 1. The van der Waals surface area contributed by atoms with Crippen LogP contribution in [0, 0.1) is 0 Å². The summed E-state index contributed by atoms with van der Waals surface area (Å²) in [6, 6.07) is 19.8. The van der Waals surface area contributed by atoms with E-state index >= 15 is 0 Å². The molecule has 1 aliphatic rings. The maximum Gasteiger partial charge on any atom is 0.323 e. The van der Waals surface area contributed by atoms with Crippen molar-refractivity contribution in [1.82, 2.24) is 24.8 Å². The Bertz CT molecular complexity index is 1540.